The monoisotopic (exact) mass is 310 g/mol. The summed E-state index contributed by atoms with van der Waals surface area (Å²) in [5, 5.41) is 0.403. The molecule has 1 aromatic carbocycles. The maximum absolute atomic E-state index is 13.9. The smallest absolute Gasteiger partial charge is 0.142 e. The maximum atomic E-state index is 13.9. The van der Waals surface area contributed by atoms with Gasteiger partial charge in [-0.15, -0.1) is 0 Å². The molecule has 0 bridgehead atoms. The summed E-state index contributed by atoms with van der Waals surface area (Å²) < 4.78 is 13.9. The number of halogens is 3. The second-order valence-electron chi connectivity index (χ2n) is 5.76. The normalized spacial score (nSPS) is 19.9. The van der Waals surface area contributed by atoms with Crippen LogP contribution in [-0.4, -0.2) is 9.97 Å². The first-order valence-corrected chi connectivity index (χ1v) is 7.13. The molecule has 0 saturated heterocycles. The molecule has 2 nitrogen and oxygen atoms in total. The van der Waals surface area contributed by atoms with Crippen LogP contribution in [0.1, 0.15) is 32.0 Å². The molecule has 1 saturated carbocycles. The number of benzene rings is 1. The van der Waals surface area contributed by atoms with Gasteiger partial charge in [0.2, 0.25) is 0 Å². The summed E-state index contributed by atoms with van der Waals surface area (Å²) in [7, 11) is 0. The van der Waals surface area contributed by atoms with Gasteiger partial charge in [0.1, 0.15) is 21.9 Å². The maximum Gasteiger partial charge on any atom is 0.142 e. The minimum Gasteiger partial charge on any atom is -0.220 e. The molecule has 1 fully saturated rings. The van der Waals surface area contributed by atoms with Gasteiger partial charge in [0, 0.05) is 11.5 Å². The van der Waals surface area contributed by atoms with E-state index in [2.05, 4.69) is 23.8 Å². The molecule has 5 heteroatoms. The van der Waals surface area contributed by atoms with Gasteiger partial charge in [-0.2, -0.15) is 0 Å². The molecule has 104 valence electrons. The van der Waals surface area contributed by atoms with Gasteiger partial charge in [-0.1, -0.05) is 55.2 Å². The summed E-state index contributed by atoms with van der Waals surface area (Å²) in [4.78, 5) is 8.62. The fourth-order valence-corrected chi connectivity index (χ4v) is 2.98. The fraction of sp³-hybridized carbons (Fsp3) is 0.333. The summed E-state index contributed by atoms with van der Waals surface area (Å²) in [5.74, 6) is 0.525. The van der Waals surface area contributed by atoms with E-state index in [4.69, 9.17) is 23.2 Å². The van der Waals surface area contributed by atoms with E-state index < -0.39 is 0 Å². The Bertz CT molecular complexity index is 662. The minimum absolute atomic E-state index is 0.187. The highest BCUT2D eigenvalue weighted by molar-refractivity contribution is 6.37. The Morgan fingerprint density at radius 3 is 2.20 bits per heavy atom. The van der Waals surface area contributed by atoms with Crippen LogP contribution in [-0.2, 0) is 0 Å². The zero-order valence-corrected chi connectivity index (χ0v) is 12.6. The van der Waals surface area contributed by atoms with Gasteiger partial charge in [0.15, 0.2) is 0 Å². The highest BCUT2D eigenvalue weighted by Gasteiger charge is 2.49. The zero-order chi connectivity index (χ0) is 14.5. The largest absolute Gasteiger partial charge is 0.220 e. The van der Waals surface area contributed by atoms with E-state index in [1.807, 2.05) is 0 Å². The van der Waals surface area contributed by atoms with E-state index in [0.717, 1.165) is 6.42 Å². The highest BCUT2D eigenvalue weighted by Crippen LogP contribution is 2.58. The number of hydrogen-bond acceptors (Lipinski definition) is 2. The van der Waals surface area contributed by atoms with Gasteiger partial charge in [0.05, 0.1) is 5.56 Å². The topological polar surface area (TPSA) is 25.8 Å². The Balaban J connectivity index is 2.08. The average molecular weight is 311 g/mol. The van der Waals surface area contributed by atoms with Crippen molar-refractivity contribution in [2.75, 3.05) is 0 Å². The van der Waals surface area contributed by atoms with Gasteiger partial charge >= 0.3 is 0 Å². The van der Waals surface area contributed by atoms with Crippen LogP contribution < -0.4 is 0 Å². The molecular formula is C15H13Cl2FN2. The SMILES string of the molecule is CC1(C)CC1c1nc(Cl)c(-c2ccccc2F)c(Cl)n1. The third-order valence-corrected chi connectivity index (χ3v) is 4.35. The van der Waals surface area contributed by atoms with E-state index in [1.54, 1.807) is 18.2 Å². The average Bonchev–Trinajstić information content (AvgIpc) is 3.00. The van der Waals surface area contributed by atoms with Gasteiger partial charge in [0.25, 0.3) is 0 Å². The predicted octanol–water partition coefficient (Wildman–Crippen LogP) is 5.10. The van der Waals surface area contributed by atoms with Gasteiger partial charge < -0.3 is 0 Å². The Morgan fingerprint density at radius 2 is 1.70 bits per heavy atom. The van der Waals surface area contributed by atoms with Crippen LogP contribution in [0.4, 0.5) is 4.39 Å². The van der Waals surface area contributed by atoms with Crippen molar-refractivity contribution in [1.29, 1.82) is 0 Å². The van der Waals surface area contributed by atoms with Crippen LogP contribution >= 0.6 is 23.2 Å². The molecule has 3 rings (SSSR count). The van der Waals surface area contributed by atoms with E-state index in [0.29, 0.717) is 17.0 Å². The first-order valence-electron chi connectivity index (χ1n) is 6.38. The summed E-state index contributed by atoms with van der Waals surface area (Å²) in [5.41, 5.74) is 0.865. The molecule has 1 heterocycles. The van der Waals surface area contributed by atoms with E-state index >= 15 is 0 Å². The Morgan fingerprint density at radius 1 is 1.15 bits per heavy atom. The van der Waals surface area contributed by atoms with E-state index in [9.17, 15) is 4.39 Å². The molecule has 0 amide bonds. The van der Waals surface area contributed by atoms with E-state index in [1.165, 1.54) is 6.07 Å². The van der Waals surface area contributed by atoms with Crippen molar-refractivity contribution in [1.82, 2.24) is 9.97 Å². The predicted molar refractivity (Wildman–Crippen MR) is 78.6 cm³/mol. The molecule has 0 N–H and O–H groups in total. The van der Waals surface area contributed by atoms with Crippen molar-refractivity contribution in [2.45, 2.75) is 26.2 Å². The minimum atomic E-state index is -0.389. The number of rotatable bonds is 2. The third kappa shape index (κ3) is 2.29. The molecular weight excluding hydrogens is 298 g/mol. The van der Waals surface area contributed by atoms with Crippen molar-refractivity contribution in [2.24, 2.45) is 5.41 Å². The second kappa shape index (κ2) is 4.68. The summed E-state index contributed by atoms with van der Waals surface area (Å²) in [6.45, 7) is 4.29. The second-order valence-corrected chi connectivity index (χ2v) is 6.48. The number of nitrogens with zero attached hydrogens (tertiary/aromatic N) is 2. The molecule has 20 heavy (non-hydrogen) atoms. The summed E-state index contributed by atoms with van der Waals surface area (Å²) in [6.07, 6.45) is 1.01. The Hall–Kier alpha value is -1.19. The molecule has 1 atom stereocenters. The van der Waals surface area contributed by atoms with Crippen LogP contribution in [0, 0.1) is 11.2 Å². The summed E-state index contributed by atoms with van der Waals surface area (Å²) in [6, 6.07) is 6.32. The molecule has 1 aromatic heterocycles. The van der Waals surface area contributed by atoms with Crippen molar-refractivity contribution in [3.63, 3.8) is 0 Å². The molecule has 1 unspecified atom stereocenters. The summed E-state index contributed by atoms with van der Waals surface area (Å²) >= 11 is 12.4. The van der Waals surface area contributed by atoms with Gasteiger partial charge in [-0.3, -0.25) is 0 Å². The molecule has 1 aliphatic rings. The Labute approximate surface area is 127 Å². The van der Waals surface area contributed by atoms with Gasteiger partial charge in [-0.05, 0) is 17.9 Å². The number of hydrogen-bond donors (Lipinski definition) is 0. The molecule has 0 radical (unpaired) electrons. The molecule has 0 aliphatic heterocycles. The van der Waals surface area contributed by atoms with Crippen LogP contribution in [0.3, 0.4) is 0 Å². The lowest BCUT2D eigenvalue weighted by molar-refractivity contribution is 0.608. The number of aromatic nitrogens is 2. The highest BCUT2D eigenvalue weighted by atomic mass is 35.5. The molecule has 1 aliphatic carbocycles. The standard InChI is InChI=1S/C15H13Cl2FN2/c1-15(2)7-9(15)14-19-12(16)11(13(17)20-14)8-5-3-4-6-10(8)18/h3-6,9H,7H2,1-2H3. The fourth-order valence-electron chi connectivity index (χ4n) is 2.37. The molecule has 0 spiro atoms. The van der Waals surface area contributed by atoms with Crippen molar-refractivity contribution >= 4 is 23.2 Å². The molecule has 2 aromatic rings. The van der Waals surface area contributed by atoms with Crippen LogP contribution in [0.25, 0.3) is 11.1 Å². The van der Waals surface area contributed by atoms with Gasteiger partial charge in [-0.25, -0.2) is 14.4 Å². The quantitative estimate of drug-likeness (QED) is 0.721. The van der Waals surface area contributed by atoms with Crippen LogP contribution in [0.2, 0.25) is 10.3 Å². The third-order valence-electron chi connectivity index (χ3n) is 3.81. The lowest BCUT2D eigenvalue weighted by atomic mass is 10.1. The van der Waals surface area contributed by atoms with Crippen molar-refractivity contribution in [3.05, 3.63) is 46.2 Å². The van der Waals surface area contributed by atoms with Crippen LogP contribution in [0.15, 0.2) is 24.3 Å². The first-order chi connectivity index (χ1) is 9.40. The van der Waals surface area contributed by atoms with E-state index in [-0.39, 0.29) is 27.5 Å². The lowest BCUT2D eigenvalue weighted by Crippen LogP contribution is -2.01. The van der Waals surface area contributed by atoms with Crippen molar-refractivity contribution in [3.8, 4) is 11.1 Å². The Kier molecular flexibility index (Phi) is 3.22. The zero-order valence-electron chi connectivity index (χ0n) is 11.1. The van der Waals surface area contributed by atoms with Crippen LogP contribution in [0.5, 0.6) is 0 Å². The first kappa shape index (κ1) is 13.8. The lowest BCUT2D eigenvalue weighted by Gasteiger charge is -2.10. The van der Waals surface area contributed by atoms with Crippen molar-refractivity contribution < 1.29 is 4.39 Å².